The summed E-state index contributed by atoms with van der Waals surface area (Å²) in [5.41, 5.74) is 1.84. The number of hydrogen-bond acceptors (Lipinski definition) is 6. The number of rotatable bonds is 4. The second-order valence-corrected chi connectivity index (χ2v) is 8.07. The van der Waals surface area contributed by atoms with Crippen LogP contribution in [0, 0.1) is 0 Å². The van der Waals surface area contributed by atoms with Crippen LogP contribution in [0.3, 0.4) is 0 Å². The molecule has 0 spiro atoms. The van der Waals surface area contributed by atoms with Gasteiger partial charge in [-0.05, 0) is 20.2 Å². The van der Waals surface area contributed by atoms with Gasteiger partial charge in [-0.25, -0.2) is 18.4 Å². The largest absolute Gasteiger partial charge is 0.339 e. The Bertz CT molecular complexity index is 793. The molecule has 1 aliphatic heterocycles. The number of fused-ring (bicyclic) bond motifs is 1. The topological polar surface area (TPSA) is 74.1 Å². The van der Waals surface area contributed by atoms with Crippen molar-refractivity contribution in [2.24, 2.45) is 0 Å². The van der Waals surface area contributed by atoms with Crippen LogP contribution in [-0.4, -0.2) is 78.5 Å². The Labute approximate surface area is 136 Å². The summed E-state index contributed by atoms with van der Waals surface area (Å²) in [6.07, 6.45) is 5.01. The zero-order chi connectivity index (χ0) is 16.6. The van der Waals surface area contributed by atoms with E-state index in [1.54, 1.807) is 6.20 Å². The molecule has 9 heteroatoms. The molecule has 0 amide bonds. The predicted octanol–water partition coefficient (Wildman–Crippen LogP) is -0.127. The van der Waals surface area contributed by atoms with Crippen LogP contribution in [-0.2, 0) is 16.6 Å². The van der Waals surface area contributed by atoms with Crippen LogP contribution in [0.25, 0.3) is 5.65 Å². The highest BCUT2D eigenvalue weighted by molar-refractivity contribution is 7.88. The number of anilines is 1. The molecule has 1 aliphatic rings. The number of sulfonamides is 1. The van der Waals surface area contributed by atoms with Gasteiger partial charge in [0, 0.05) is 45.1 Å². The summed E-state index contributed by atoms with van der Waals surface area (Å²) < 4.78 is 26.7. The lowest BCUT2D eigenvalue weighted by Crippen LogP contribution is -2.49. The standard InChI is InChI=1S/C14H22N6O2S/c1-17(2)10-12-11-20-13(16-12)4-5-15-14(20)18-6-8-19(9-7-18)23(3,21)22/h4-5,11H,6-10H2,1-3H3. The molecule has 126 valence electrons. The van der Waals surface area contributed by atoms with Gasteiger partial charge >= 0.3 is 0 Å². The summed E-state index contributed by atoms with van der Waals surface area (Å²) in [5, 5.41) is 0. The zero-order valence-corrected chi connectivity index (χ0v) is 14.5. The van der Waals surface area contributed by atoms with Crippen LogP contribution >= 0.6 is 0 Å². The summed E-state index contributed by atoms with van der Waals surface area (Å²) in [5.74, 6) is 0.813. The van der Waals surface area contributed by atoms with E-state index < -0.39 is 10.0 Å². The molecule has 0 aliphatic carbocycles. The van der Waals surface area contributed by atoms with Crippen molar-refractivity contribution in [3.05, 3.63) is 24.2 Å². The molecular weight excluding hydrogens is 316 g/mol. The first-order chi connectivity index (χ1) is 10.8. The molecule has 0 N–H and O–H groups in total. The van der Waals surface area contributed by atoms with E-state index in [0.717, 1.165) is 23.8 Å². The Balaban J connectivity index is 1.84. The molecule has 0 radical (unpaired) electrons. The van der Waals surface area contributed by atoms with Crippen molar-refractivity contribution in [1.29, 1.82) is 0 Å². The minimum atomic E-state index is -3.12. The van der Waals surface area contributed by atoms with E-state index in [1.165, 1.54) is 10.6 Å². The maximum Gasteiger partial charge on any atom is 0.211 e. The van der Waals surface area contributed by atoms with Gasteiger partial charge in [0.2, 0.25) is 16.0 Å². The molecule has 0 aromatic carbocycles. The van der Waals surface area contributed by atoms with E-state index >= 15 is 0 Å². The zero-order valence-electron chi connectivity index (χ0n) is 13.7. The Morgan fingerprint density at radius 2 is 1.91 bits per heavy atom. The van der Waals surface area contributed by atoms with Gasteiger partial charge in [0.1, 0.15) is 5.65 Å². The minimum absolute atomic E-state index is 0.482. The van der Waals surface area contributed by atoms with Crippen molar-refractivity contribution in [2.75, 3.05) is 51.4 Å². The third-order valence-corrected chi connectivity index (χ3v) is 5.18. The molecule has 2 aromatic heterocycles. The molecule has 1 saturated heterocycles. The van der Waals surface area contributed by atoms with Gasteiger partial charge in [-0.2, -0.15) is 4.31 Å². The van der Waals surface area contributed by atoms with Crippen LogP contribution < -0.4 is 4.90 Å². The van der Waals surface area contributed by atoms with Crippen LogP contribution in [0.2, 0.25) is 0 Å². The molecular formula is C14H22N6O2S. The maximum atomic E-state index is 11.6. The van der Waals surface area contributed by atoms with E-state index in [9.17, 15) is 8.42 Å². The lowest BCUT2D eigenvalue weighted by Gasteiger charge is -2.33. The SMILES string of the molecule is CN(C)Cc1cn2c(N3CCN(S(C)(=O)=O)CC3)nccc2n1. The fourth-order valence-electron chi connectivity index (χ4n) is 2.81. The summed E-state index contributed by atoms with van der Waals surface area (Å²) in [6, 6.07) is 1.88. The second-order valence-electron chi connectivity index (χ2n) is 6.09. The third kappa shape index (κ3) is 3.46. The Kier molecular flexibility index (Phi) is 4.26. The van der Waals surface area contributed by atoms with Gasteiger partial charge in [-0.1, -0.05) is 0 Å². The number of nitrogens with zero attached hydrogens (tertiary/aromatic N) is 6. The summed E-state index contributed by atoms with van der Waals surface area (Å²) in [7, 11) is 0.893. The molecule has 0 saturated carbocycles. The van der Waals surface area contributed by atoms with E-state index in [1.807, 2.05) is 30.8 Å². The van der Waals surface area contributed by atoms with Crippen LogP contribution in [0.4, 0.5) is 5.95 Å². The van der Waals surface area contributed by atoms with Gasteiger partial charge in [0.05, 0.1) is 11.9 Å². The normalized spacial score (nSPS) is 17.3. The summed E-state index contributed by atoms with van der Waals surface area (Å²) >= 11 is 0. The monoisotopic (exact) mass is 338 g/mol. The molecule has 0 unspecified atom stereocenters. The Hall–Kier alpha value is -1.71. The van der Waals surface area contributed by atoms with Crippen LogP contribution in [0.15, 0.2) is 18.5 Å². The number of piperazine rings is 1. The highest BCUT2D eigenvalue weighted by Gasteiger charge is 2.25. The van der Waals surface area contributed by atoms with Crippen molar-refractivity contribution in [1.82, 2.24) is 23.6 Å². The van der Waals surface area contributed by atoms with Gasteiger partial charge in [0.15, 0.2) is 0 Å². The van der Waals surface area contributed by atoms with Gasteiger partial charge in [-0.15, -0.1) is 0 Å². The smallest absolute Gasteiger partial charge is 0.211 e. The van der Waals surface area contributed by atoms with Crippen molar-refractivity contribution in [2.45, 2.75) is 6.54 Å². The van der Waals surface area contributed by atoms with Crippen molar-refractivity contribution in [3.63, 3.8) is 0 Å². The van der Waals surface area contributed by atoms with E-state index in [2.05, 4.69) is 19.8 Å². The Morgan fingerprint density at radius 1 is 1.22 bits per heavy atom. The highest BCUT2D eigenvalue weighted by Crippen LogP contribution is 2.18. The predicted molar refractivity (Wildman–Crippen MR) is 89.0 cm³/mol. The number of imidazole rings is 1. The van der Waals surface area contributed by atoms with Crippen molar-refractivity contribution in [3.8, 4) is 0 Å². The van der Waals surface area contributed by atoms with Crippen molar-refractivity contribution >= 4 is 21.6 Å². The van der Waals surface area contributed by atoms with Gasteiger partial charge < -0.3 is 9.80 Å². The number of aromatic nitrogens is 3. The second kappa shape index (κ2) is 6.06. The maximum absolute atomic E-state index is 11.6. The molecule has 8 nitrogen and oxygen atoms in total. The quantitative estimate of drug-likeness (QED) is 0.773. The summed E-state index contributed by atoms with van der Waals surface area (Å²) in [4.78, 5) is 13.3. The first-order valence-electron chi connectivity index (χ1n) is 7.52. The molecule has 3 rings (SSSR count). The molecule has 2 aromatic rings. The van der Waals surface area contributed by atoms with E-state index in [0.29, 0.717) is 26.2 Å². The van der Waals surface area contributed by atoms with Crippen molar-refractivity contribution < 1.29 is 8.42 Å². The molecule has 23 heavy (non-hydrogen) atoms. The highest BCUT2D eigenvalue weighted by atomic mass is 32.2. The lowest BCUT2D eigenvalue weighted by atomic mass is 10.4. The Morgan fingerprint density at radius 3 is 2.52 bits per heavy atom. The van der Waals surface area contributed by atoms with Crippen LogP contribution in [0.1, 0.15) is 5.69 Å². The van der Waals surface area contributed by atoms with Gasteiger partial charge in [-0.3, -0.25) is 4.40 Å². The third-order valence-electron chi connectivity index (χ3n) is 3.88. The lowest BCUT2D eigenvalue weighted by molar-refractivity contribution is 0.385. The molecule has 0 bridgehead atoms. The first-order valence-corrected chi connectivity index (χ1v) is 9.37. The first kappa shape index (κ1) is 16.2. The average molecular weight is 338 g/mol. The fourth-order valence-corrected chi connectivity index (χ4v) is 3.64. The summed E-state index contributed by atoms with van der Waals surface area (Å²) in [6.45, 7) is 2.98. The minimum Gasteiger partial charge on any atom is -0.339 e. The number of hydrogen-bond donors (Lipinski definition) is 0. The molecule has 0 atom stereocenters. The average Bonchev–Trinajstić information content (AvgIpc) is 2.87. The van der Waals surface area contributed by atoms with E-state index in [-0.39, 0.29) is 0 Å². The molecule has 3 heterocycles. The fraction of sp³-hybridized carbons (Fsp3) is 0.571. The molecule has 1 fully saturated rings. The van der Waals surface area contributed by atoms with E-state index in [4.69, 9.17) is 0 Å². The van der Waals surface area contributed by atoms with Gasteiger partial charge in [0.25, 0.3) is 0 Å². The van der Waals surface area contributed by atoms with Crippen LogP contribution in [0.5, 0.6) is 0 Å².